The minimum Gasteiger partial charge on any atom is -0.495 e. The number of hydrogen-bond acceptors (Lipinski definition) is 8. The molecule has 4 N–H and O–H groups in total. The number of carbonyl (C=O) groups is 1. The lowest BCUT2D eigenvalue weighted by Crippen LogP contribution is -2.43. The Morgan fingerprint density at radius 2 is 1.95 bits per heavy atom. The molecule has 0 radical (unpaired) electrons. The molecule has 2 heterocycles. The quantitative estimate of drug-likeness (QED) is 0.228. The Bertz CT molecular complexity index is 1490. The number of methoxy groups -OCH3 is 1. The van der Waals surface area contributed by atoms with Crippen molar-refractivity contribution >= 4 is 51.9 Å². The summed E-state index contributed by atoms with van der Waals surface area (Å²) < 4.78 is 69.0. The highest BCUT2D eigenvalue weighted by Gasteiger charge is 2.35. The number of nitrogens with zero attached hydrogens (tertiary/aromatic N) is 4. The molecular weight excluding hydrogens is 611 g/mol. The highest BCUT2D eigenvalue weighted by molar-refractivity contribution is 7.80. The Morgan fingerprint density at radius 3 is 2.60 bits per heavy atom. The van der Waals surface area contributed by atoms with Crippen LogP contribution in [0.25, 0.3) is 0 Å². The summed E-state index contributed by atoms with van der Waals surface area (Å²) in [4.78, 5) is 22.9. The second-order valence-electron chi connectivity index (χ2n) is 9.90. The number of piperidine rings is 1. The van der Waals surface area contributed by atoms with Crippen LogP contribution in [0.15, 0.2) is 42.6 Å². The van der Waals surface area contributed by atoms with Crippen molar-refractivity contribution in [1.29, 1.82) is 0 Å². The van der Waals surface area contributed by atoms with Crippen molar-refractivity contribution in [2.24, 2.45) is 0 Å². The van der Waals surface area contributed by atoms with Crippen molar-refractivity contribution in [3.8, 4) is 5.75 Å². The van der Waals surface area contributed by atoms with Gasteiger partial charge in [0.15, 0.2) is 0 Å². The van der Waals surface area contributed by atoms with E-state index >= 15 is 0 Å². The van der Waals surface area contributed by atoms with E-state index in [0.717, 1.165) is 30.2 Å². The zero-order chi connectivity index (χ0) is 31.3. The highest BCUT2D eigenvalue weighted by atomic mass is 35.5. The summed E-state index contributed by atoms with van der Waals surface area (Å²) >= 11 is 3.63. The fraction of sp³-hybridized carbons (Fsp3) is 0.370. The number of nitrogens with one attached hydrogen (secondary N) is 3. The van der Waals surface area contributed by atoms with E-state index in [9.17, 15) is 26.7 Å². The second kappa shape index (κ2) is 13.8. The number of benzene rings is 2. The van der Waals surface area contributed by atoms with Crippen molar-refractivity contribution in [2.45, 2.75) is 31.6 Å². The number of alkyl halides is 3. The molecule has 1 fully saturated rings. The van der Waals surface area contributed by atoms with Crippen LogP contribution >= 0.6 is 11.6 Å². The van der Waals surface area contributed by atoms with Crippen LogP contribution in [-0.4, -0.2) is 69.9 Å². The molecule has 1 aliphatic heterocycles. The van der Waals surface area contributed by atoms with Crippen molar-refractivity contribution in [2.75, 3.05) is 49.2 Å². The molecule has 0 aliphatic carbocycles. The van der Waals surface area contributed by atoms with Crippen LogP contribution in [0, 0.1) is 0 Å². The number of likely N-dealkylation sites (tertiary alicyclic amines) is 1. The number of rotatable bonds is 10. The molecule has 1 aromatic heterocycles. The van der Waals surface area contributed by atoms with Gasteiger partial charge in [0.05, 0.1) is 18.5 Å². The number of hydrogen-bond donors (Lipinski definition) is 4. The van der Waals surface area contributed by atoms with Crippen LogP contribution in [0.2, 0.25) is 5.02 Å². The first-order chi connectivity index (χ1) is 20.3. The lowest BCUT2D eigenvalue weighted by Gasteiger charge is -2.29. The minimum absolute atomic E-state index is 0.0640. The molecular formula is C27H31ClF3N7O4S. The molecule has 2 aromatic carbocycles. The molecule has 232 valence electrons. The summed E-state index contributed by atoms with van der Waals surface area (Å²) in [7, 11) is 4.78. The number of amides is 1. The first-order valence-electron chi connectivity index (χ1n) is 13.1. The first-order valence-corrected chi connectivity index (χ1v) is 14.6. The third-order valence-corrected chi connectivity index (χ3v) is 7.83. The van der Waals surface area contributed by atoms with Crippen LogP contribution in [0.4, 0.5) is 36.3 Å². The van der Waals surface area contributed by atoms with Gasteiger partial charge in [-0.2, -0.15) is 18.2 Å². The van der Waals surface area contributed by atoms with Gasteiger partial charge >= 0.3 is 6.18 Å². The molecule has 1 atom stereocenters. The fourth-order valence-corrected chi connectivity index (χ4v) is 5.01. The third kappa shape index (κ3) is 8.25. The molecule has 1 aliphatic rings. The van der Waals surface area contributed by atoms with E-state index in [1.165, 1.54) is 38.4 Å². The summed E-state index contributed by atoms with van der Waals surface area (Å²) in [5.41, 5.74) is 0.221. The lowest BCUT2D eigenvalue weighted by atomic mass is 10.0. The number of anilines is 4. The van der Waals surface area contributed by atoms with Crippen LogP contribution in [0.3, 0.4) is 0 Å². The highest BCUT2D eigenvalue weighted by Crippen LogP contribution is 2.36. The Kier molecular flexibility index (Phi) is 10.3. The SMILES string of the molecule is COc1cc(C(=O)NC2CCN(C)CC2)ccc1Nc1ncc(C(F)(F)F)c(NCc2ccc(Cl)cc2N(C)S(=O)O)n1. The smallest absolute Gasteiger partial charge is 0.421 e. The topological polar surface area (TPSA) is 132 Å². The maximum Gasteiger partial charge on any atom is 0.421 e. The van der Waals surface area contributed by atoms with E-state index in [1.807, 2.05) is 7.05 Å². The van der Waals surface area contributed by atoms with E-state index in [0.29, 0.717) is 23.0 Å². The molecule has 1 unspecified atom stereocenters. The van der Waals surface area contributed by atoms with Gasteiger partial charge in [-0.15, -0.1) is 0 Å². The van der Waals surface area contributed by atoms with Crippen LogP contribution < -0.4 is 25.0 Å². The molecule has 0 bridgehead atoms. The van der Waals surface area contributed by atoms with Gasteiger partial charge in [0.25, 0.3) is 17.2 Å². The normalized spacial score (nSPS) is 15.1. The van der Waals surface area contributed by atoms with E-state index < -0.39 is 28.8 Å². The average molecular weight is 642 g/mol. The lowest BCUT2D eigenvalue weighted by molar-refractivity contribution is -0.137. The van der Waals surface area contributed by atoms with Gasteiger partial charge in [-0.3, -0.25) is 13.7 Å². The number of halogens is 4. The number of aromatic nitrogens is 2. The first kappa shape index (κ1) is 32.3. The van der Waals surface area contributed by atoms with Gasteiger partial charge in [0, 0.05) is 36.4 Å². The van der Waals surface area contributed by atoms with Gasteiger partial charge < -0.3 is 25.6 Å². The zero-order valence-corrected chi connectivity index (χ0v) is 25.1. The molecule has 0 spiro atoms. The zero-order valence-electron chi connectivity index (χ0n) is 23.5. The average Bonchev–Trinajstić information content (AvgIpc) is 2.96. The van der Waals surface area contributed by atoms with Crippen LogP contribution in [0.1, 0.15) is 34.3 Å². The Labute approximate surface area is 254 Å². The third-order valence-electron chi connectivity index (χ3n) is 6.93. The predicted molar refractivity (Wildman–Crippen MR) is 159 cm³/mol. The van der Waals surface area contributed by atoms with Crippen LogP contribution in [-0.2, 0) is 24.0 Å². The molecule has 3 aromatic rings. The van der Waals surface area contributed by atoms with E-state index in [-0.39, 0.29) is 40.9 Å². The Morgan fingerprint density at radius 1 is 1.23 bits per heavy atom. The summed E-state index contributed by atoms with van der Waals surface area (Å²) in [6, 6.07) is 9.18. The van der Waals surface area contributed by atoms with E-state index in [1.54, 1.807) is 12.1 Å². The molecule has 1 saturated heterocycles. The molecule has 43 heavy (non-hydrogen) atoms. The van der Waals surface area contributed by atoms with Gasteiger partial charge in [-0.25, -0.2) is 9.19 Å². The van der Waals surface area contributed by atoms with Crippen LogP contribution in [0.5, 0.6) is 5.75 Å². The fourth-order valence-electron chi connectivity index (χ4n) is 4.50. The number of ether oxygens (including phenoxy) is 1. The largest absolute Gasteiger partial charge is 0.495 e. The maximum absolute atomic E-state index is 13.8. The second-order valence-corrected chi connectivity index (χ2v) is 11.3. The summed E-state index contributed by atoms with van der Waals surface area (Å²) in [5, 5.41) is 8.82. The van der Waals surface area contributed by atoms with Crippen molar-refractivity contribution in [3.05, 3.63) is 64.3 Å². The molecule has 11 nitrogen and oxygen atoms in total. The minimum atomic E-state index is -4.77. The van der Waals surface area contributed by atoms with E-state index in [2.05, 4.69) is 30.8 Å². The Hall–Kier alpha value is -3.66. The number of carbonyl (C=O) groups excluding carboxylic acids is 1. The van der Waals surface area contributed by atoms with Gasteiger partial charge in [0.2, 0.25) is 5.95 Å². The van der Waals surface area contributed by atoms with Crippen molar-refractivity contribution in [1.82, 2.24) is 20.2 Å². The van der Waals surface area contributed by atoms with Gasteiger partial charge in [-0.1, -0.05) is 17.7 Å². The summed E-state index contributed by atoms with van der Waals surface area (Å²) in [6.45, 7) is 1.60. The van der Waals surface area contributed by atoms with Crippen molar-refractivity contribution in [3.63, 3.8) is 0 Å². The monoisotopic (exact) mass is 641 g/mol. The molecule has 4 rings (SSSR count). The standard InChI is InChI=1S/C27H31ClF3N7O4S/c1-37-10-8-19(9-11-37)34-25(39)16-5-7-21(23(12-16)42-3)35-26-33-15-20(27(29,30)31)24(36-26)32-14-17-4-6-18(28)13-22(17)38(2)43(40)41/h4-7,12-13,15,19H,8-11,14H2,1-3H3,(H,34,39)(H,40,41)(H2,32,33,35,36). The van der Waals surface area contributed by atoms with Gasteiger partial charge in [0.1, 0.15) is 17.1 Å². The molecule has 1 amide bonds. The van der Waals surface area contributed by atoms with Crippen molar-refractivity contribution < 1.29 is 31.5 Å². The molecule has 16 heteroatoms. The predicted octanol–water partition coefficient (Wildman–Crippen LogP) is 4.91. The summed E-state index contributed by atoms with van der Waals surface area (Å²) in [6.07, 6.45) is -2.44. The van der Waals surface area contributed by atoms with Gasteiger partial charge in [-0.05, 0) is 68.9 Å². The Balaban J connectivity index is 1.55. The van der Waals surface area contributed by atoms with E-state index in [4.69, 9.17) is 16.3 Å². The maximum atomic E-state index is 13.8. The summed E-state index contributed by atoms with van der Waals surface area (Å²) in [5.74, 6) is -0.678. The molecule has 0 saturated carbocycles.